The summed E-state index contributed by atoms with van der Waals surface area (Å²) in [5.74, 6) is 3.62. The van der Waals surface area contributed by atoms with Gasteiger partial charge in [-0.3, -0.25) is 4.99 Å². The van der Waals surface area contributed by atoms with E-state index in [4.69, 9.17) is 9.98 Å². The molecule has 1 unspecified atom stereocenters. The van der Waals surface area contributed by atoms with Gasteiger partial charge in [-0.05, 0) is 55.2 Å². The lowest BCUT2D eigenvalue weighted by molar-refractivity contribution is -0.274. The fraction of sp³-hybridized carbons (Fsp3) is 0.613. The van der Waals surface area contributed by atoms with Gasteiger partial charge >= 0.3 is 6.36 Å². The summed E-state index contributed by atoms with van der Waals surface area (Å²) >= 11 is 0. The van der Waals surface area contributed by atoms with Gasteiger partial charge in [0.15, 0.2) is 0 Å². The fourth-order valence-corrected chi connectivity index (χ4v) is 5.99. The van der Waals surface area contributed by atoms with Crippen molar-refractivity contribution in [3.05, 3.63) is 53.6 Å². The summed E-state index contributed by atoms with van der Waals surface area (Å²) in [5.41, 5.74) is 2.31. The van der Waals surface area contributed by atoms with E-state index in [1.54, 1.807) is 12.1 Å². The van der Waals surface area contributed by atoms with Crippen LogP contribution in [0.3, 0.4) is 0 Å². The quantitative estimate of drug-likeness (QED) is 0.270. The topological polar surface area (TPSA) is 37.2 Å². The Kier molecular flexibility index (Phi) is 10.1. The molecule has 38 heavy (non-hydrogen) atoms. The first kappa shape index (κ1) is 28.4. The van der Waals surface area contributed by atoms with Gasteiger partial charge in [0.05, 0.1) is 6.04 Å². The van der Waals surface area contributed by atoms with Crippen LogP contribution in [0.5, 0.6) is 5.75 Å². The lowest BCUT2D eigenvalue weighted by Gasteiger charge is -2.29. The van der Waals surface area contributed by atoms with Gasteiger partial charge in [-0.2, -0.15) is 0 Å². The van der Waals surface area contributed by atoms with E-state index < -0.39 is 6.36 Å². The molecule has 1 fully saturated rings. The Morgan fingerprint density at radius 3 is 2.24 bits per heavy atom. The SMILES string of the molecule is CN(C)C1=NC(CCCC2CCC(CCCCCc3ccc(OC(F)(F)F)cc3)CC2)=NC2CC=CC=C12. The molecule has 4 nitrogen and oxygen atoms in total. The van der Waals surface area contributed by atoms with Crippen LogP contribution in [-0.2, 0) is 6.42 Å². The summed E-state index contributed by atoms with van der Waals surface area (Å²) in [6.45, 7) is 0. The van der Waals surface area contributed by atoms with E-state index in [9.17, 15) is 13.2 Å². The maximum absolute atomic E-state index is 12.3. The molecule has 1 aromatic rings. The zero-order valence-corrected chi connectivity index (χ0v) is 22.8. The van der Waals surface area contributed by atoms with Crippen molar-refractivity contribution in [3.8, 4) is 5.75 Å². The highest BCUT2D eigenvalue weighted by atomic mass is 19.4. The van der Waals surface area contributed by atoms with Crippen molar-refractivity contribution in [2.24, 2.45) is 21.8 Å². The minimum Gasteiger partial charge on any atom is -0.406 e. The lowest BCUT2D eigenvalue weighted by Crippen LogP contribution is -2.34. The van der Waals surface area contributed by atoms with Crippen molar-refractivity contribution in [2.75, 3.05) is 14.1 Å². The fourth-order valence-electron chi connectivity index (χ4n) is 5.99. The van der Waals surface area contributed by atoms with Crippen LogP contribution in [0.1, 0.15) is 82.6 Å². The van der Waals surface area contributed by atoms with E-state index in [0.29, 0.717) is 0 Å². The normalized spacial score (nSPS) is 23.3. The number of unbranched alkanes of at least 4 members (excludes halogenated alkanes) is 2. The molecule has 2 aliphatic carbocycles. The maximum atomic E-state index is 12.3. The molecule has 7 heteroatoms. The minimum atomic E-state index is -4.63. The number of aliphatic imine (C=N–C) groups is 2. The summed E-state index contributed by atoms with van der Waals surface area (Å²) in [7, 11) is 4.13. The predicted octanol–water partition coefficient (Wildman–Crippen LogP) is 8.29. The number of halogens is 3. The van der Waals surface area contributed by atoms with Crippen molar-refractivity contribution in [2.45, 2.75) is 95.9 Å². The molecule has 1 aliphatic heterocycles. The first-order valence-corrected chi connectivity index (χ1v) is 14.3. The van der Waals surface area contributed by atoms with Gasteiger partial charge in [0.25, 0.3) is 0 Å². The number of ether oxygens (including phenoxy) is 1. The molecule has 1 saturated carbocycles. The number of fused-ring (bicyclic) bond motifs is 1. The standard InChI is InChI=1S/C31H42F3N3O/c1-37(2)30-27-12-6-7-13-28(27)35-29(36-30)14-8-11-25-17-15-23(16-18-25)9-4-3-5-10-24-19-21-26(22-20-24)38-31(32,33)34/h6-7,12,19-23,25,28H,3-5,8-11,13-18H2,1-2H3. The highest BCUT2D eigenvalue weighted by Gasteiger charge is 2.31. The van der Waals surface area contributed by atoms with Crippen LogP contribution in [0.4, 0.5) is 13.2 Å². The molecule has 3 aliphatic rings. The largest absolute Gasteiger partial charge is 0.573 e. The second kappa shape index (κ2) is 13.5. The van der Waals surface area contributed by atoms with Crippen molar-refractivity contribution in [1.29, 1.82) is 0 Å². The molecular formula is C31H42F3N3O. The Labute approximate surface area is 225 Å². The average molecular weight is 530 g/mol. The van der Waals surface area contributed by atoms with Crippen LogP contribution in [-0.4, -0.2) is 43.1 Å². The van der Waals surface area contributed by atoms with Gasteiger partial charge in [0, 0.05) is 26.1 Å². The van der Waals surface area contributed by atoms with Crippen molar-refractivity contribution in [1.82, 2.24) is 4.90 Å². The Bertz CT molecular complexity index is 1020. The third-order valence-electron chi connectivity index (χ3n) is 8.07. The molecule has 1 aromatic carbocycles. The first-order valence-electron chi connectivity index (χ1n) is 14.3. The van der Waals surface area contributed by atoms with E-state index in [1.165, 1.54) is 75.5 Å². The third-order valence-corrected chi connectivity index (χ3v) is 8.07. The second-order valence-corrected chi connectivity index (χ2v) is 11.2. The van der Waals surface area contributed by atoms with Gasteiger partial charge in [-0.15, -0.1) is 13.2 Å². The summed E-state index contributed by atoms with van der Waals surface area (Å²) in [5, 5.41) is 0. The minimum absolute atomic E-state index is 0.153. The molecule has 0 spiro atoms. The van der Waals surface area contributed by atoms with Crippen LogP contribution in [0.2, 0.25) is 0 Å². The monoisotopic (exact) mass is 529 g/mol. The highest BCUT2D eigenvalue weighted by molar-refractivity contribution is 6.09. The Morgan fingerprint density at radius 1 is 0.895 bits per heavy atom. The number of likely N-dealkylation sites (N-methyl/N-ethyl adjacent to an activating group) is 1. The number of hydrogen-bond acceptors (Lipinski definition) is 4. The zero-order chi connectivity index (χ0) is 27.0. The molecule has 0 saturated heterocycles. The number of benzene rings is 1. The molecule has 0 radical (unpaired) electrons. The average Bonchev–Trinajstić information content (AvgIpc) is 2.89. The van der Waals surface area contributed by atoms with Crippen LogP contribution >= 0.6 is 0 Å². The van der Waals surface area contributed by atoms with Gasteiger partial charge < -0.3 is 9.64 Å². The number of amidine groups is 2. The number of alkyl halides is 3. The van der Waals surface area contributed by atoms with E-state index >= 15 is 0 Å². The number of hydrogen-bond donors (Lipinski definition) is 0. The van der Waals surface area contributed by atoms with Crippen LogP contribution in [0.25, 0.3) is 0 Å². The smallest absolute Gasteiger partial charge is 0.406 e. The molecule has 1 atom stereocenters. The highest BCUT2D eigenvalue weighted by Crippen LogP contribution is 2.35. The molecule has 4 rings (SSSR count). The Morgan fingerprint density at radius 2 is 1.58 bits per heavy atom. The van der Waals surface area contributed by atoms with E-state index in [2.05, 4.69) is 42.0 Å². The van der Waals surface area contributed by atoms with Gasteiger partial charge in [-0.1, -0.05) is 81.7 Å². The summed E-state index contributed by atoms with van der Waals surface area (Å²) in [6, 6.07) is 6.51. The van der Waals surface area contributed by atoms with Crippen molar-refractivity contribution in [3.63, 3.8) is 0 Å². The van der Waals surface area contributed by atoms with E-state index in [-0.39, 0.29) is 11.8 Å². The number of aryl methyl sites for hydroxylation is 1. The summed E-state index contributed by atoms with van der Waals surface area (Å²) in [4.78, 5) is 12.0. The van der Waals surface area contributed by atoms with Crippen molar-refractivity contribution >= 4 is 11.7 Å². The van der Waals surface area contributed by atoms with E-state index in [1.807, 2.05) is 0 Å². The summed E-state index contributed by atoms with van der Waals surface area (Å²) in [6.07, 6.45) is 17.3. The van der Waals surface area contributed by atoms with Gasteiger partial charge in [0.2, 0.25) is 0 Å². The Hall–Kier alpha value is -2.57. The second-order valence-electron chi connectivity index (χ2n) is 11.2. The van der Waals surface area contributed by atoms with Crippen LogP contribution in [0, 0.1) is 11.8 Å². The maximum Gasteiger partial charge on any atom is 0.573 e. The van der Waals surface area contributed by atoms with Gasteiger partial charge in [-0.25, -0.2) is 4.99 Å². The van der Waals surface area contributed by atoms with Crippen molar-refractivity contribution < 1.29 is 17.9 Å². The number of allylic oxidation sites excluding steroid dienone is 2. The molecule has 1 heterocycles. The molecule has 0 amide bonds. The van der Waals surface area contributed by atoms with Gasteiger partial charge in [0.1, 0.15) is 17.4 Å². The zero-order valence-electron chi connectivity index (χ0n) is 22.8. The molecule has 0 bridgehead atoms. The first-order chi connectivity index (χ1) is 18.3. The van der Waals surface area contributed by atoms with Crippen LogP contribution < -0.4 is 4.74 Å². The molecular weight excluding hydrogens is 487 g/mol. The number of nitrogens with zero attached hydrogens (tertiary/aromatic N) is 3. The molecule has 0 aromatic heterocycles. The predicted molar refractivity (Wildman–Crippen MR) is 149 cm³/mol. The van der Waals surface area contributed by atoms with E-state index in [0.717, 1.165) is 54.8 Å². The molecule has 0 N–H and O–H groups in total. The number of rotatable bonds is 11. The van der Waals surface area contributed by atoms with Crippen LogP contribution in [0.15, 0.2) is 58.1 Å². The lowest BCUT2D eigenvalue weighted by atomic mass is 9.78. The summed E-state index contributed by atoms with van der Waals surface area (Å²) < 4.78 is 40.8. The third kappa shape index (κ3) is 8.74. The Balaban J connectivity index is 1.07. The molecule has 208 valence electrons.